The van der Waals surface area contributed by atoms with Crippen LogP contribution in [0.2, 0.25) is 0 Å². The molecule has 0 unspecified atom stereocenters. The molecule has 1 fully saturated rings. The largest absolute Gasteiger partial charge is 0.382 e. The molecule has 6 nitrogen and oxygen atoms in total. The summed E-state index contributed by atoms with van der Waals surface area (Å²) in [5.41, 5.74) is -0.0665. The number of carbonyl (C=O) groups is 2. The average molecular weight is 317 g/mol. The van der Waals surface area contributed by atoms with Crippen LogP contribution >= 0.6 is 0 Å². The SMILES string of the molecule is COC[C@@]1(C)NC(=O)N(Cc2cc(F)cc3cccnc23)C1=O. The Balaban J connectivity index is 1.96. The van der Waals surface area contributed by atoms with Gasteiger partial charge in [-0.1, -0.05) is 6.07 Å². The molecule has 0 aliphatic carbocycles. The summed E-state index contributed by atoms with van der Waals surface area (Å²) in [4.78, 5) is 29.9. The summed E-state index contributed by atoms with van der Waals surface area (Å²) in [7, 11) is 1.46. The summed E-state index contributed by atoms with van der Waals surface area (Å²) in [5, 5.41) is 3.23. The molecule has 120 valence electrons. The third-order valence-corrected chi connectivity index (χ3v) is 3.86. The maximum atomic E-state index is 13.8. The topological polar surface area (TPSA) is 71.5 Å². The number of nitrogens with one attached hydrogen (secondary N) is 1. The Morgan fingerprint density at radius 1 is 1.39 bits per heavy atom. The average Bonchev–Trinajstić information content (AvgIpc) is 2.71. The second-order valence-corrected chi connectivity index (χ2v) is 5.73. The fourth-order valence-corrected chi connectivity index (χ4v) is 2.80. The van der Waals surface area contributed by atoms with Crippen molar-refractivity contribution in [3.8, 4) is 0 Å². The minimum absolute atomic E-state index is 0.0464. The second kappa shape index (κ2) is 5.58. The lowest BCUT2D eigenvalue weighted by molar-refractivity contribution is -0.132. The minimum atomic E-state index is -1.11. The molecular weight excluding hydrogens is 301 g/mol. The molecule has 0 bridgehead atoms. The van der Waals surface area contributed by atoms with Gasteiger partial charge >= 0.3 is 6.03 Å². The fraction of sp³-hybridized carbons (Fsp3) is 0.312. The number of amides is 3. The number of aromatic nitrogens is 1. The molecule has 3 amide bonds. The Morgan fingerprint density at radius 3 is 2.91 bits per heavy atom. The van der Waals surface area contributed by atoms with Gasteiger partial charge in [-0.3, -0.25) is 14.7 Å². The van der Waals surface area contributed by atoms with Gasteiger partial charge in [0.1, 0.15) is 11.4 Å². The Labute approximate surface area is 132 Å². The lowest BCUT2D eigenvalue weighted by Crippen LogP contribution is -2.47. The van der Waals surface area contributed by atoms with Crippen molar-refractivity contribution < 1.29 is 18.7 Å². The van der Waals surface area contributed by atoms with Crippen molar-refractivity contribution in [2.75, 3.05) is 13.7 Å². The Hall–Kier alpha value is -2.54. The van der Waals surface area contributed by atoms with Crippen molar-refractivity contribution in [1.82, 2.24) is 15.2 Å². The van der Waals surface area contributed by atoms with Crippen LogP contribution in [0.4, 0.5) is 9.18 Å². The first kappa shape index (κ1) is 15.4. The number of benzene rings is 1. The summed E-state index contributed by atoms with van der Waals surface area (Å²) in [6.07, 6.45) is 1.59. The molecule has 1 saturated heterocycles. The van der Waals surface area contributed by atoms with E-state index in [-0.39, 0.29) is 13.2 Å². The molecule has 3 rings (SSSR count). The molecule has 0 spiro atoms. The molecule has 23 heavy (non-hydrogen) atoms. The predicted molar refractivity (Wildman–Crippen MR) is 81.1 cm³/mol. The number of halogens is 1. The first-order valence-electron chi connectivity index (χ1n) is 7.11. The maximum Gasteiger partial charge on any atom is 0.325 e. The van der Waals surface area contributed by atoms with Crippen molar-refractivity contribution in [1.29, 1.82) is 0 Å². The number of rotatable bonds is 4. The number of hydrogen-bond donors (Lipinski definition) is 1. The maximum absolute atomic E-state index is 13.8. The molecule has 2 aromatic rings. The van der Waals surface area contributed by atoms with Gasteiger partial charge in [0.25, 0.3) is 5.91 Å². The molecule has 0 saturated carbocycles. The van der Waals surface area contributed by atoms with Crippen LogP contribution in [-0.4, -0.2) is 41.1 Å². The van der Waals surface area contributed by atoms with Crippen molar-refractivity contribution in [2.24, 2.45) is 0 Å². The van der Waals surface area contributed by atoms with E-state index in [1.807, 2.05) is 0 Å². The van der Waals surface area contributed by atoms with Gasteiger partial charge in [-0.25, -0.2) is 9.18 Å². The molecule has 0 radical (unpaired) electrons. The molecular formula is C16H16FN3O3. The van der Waals surface area contributed by atoms with E-state index in [9.17, 15) is 14.0 Å². The van der Waals surface area contributed by atoms with Crippen molar-refractivity contribution >= 4 is 22.8 Å². The highest BCUT2D eigenvalue weighted by molar-refractivity contribution is 6.07. The van der Waals surface area contributed by atoms with E-state index in [4.69, 9.17) is 4.74 Å². The summed E-state index contributed by atoms with van der Waals surface area (Å²) in [6, 6.07) is 5.57. The summed E-state index contributed by atoms with van der Waals surface area (Å²) < 4.78 is 18.8. The van der Waals surface area contributed by atoms with E-state index in [1.165, 1.54) is 19.2 Å². The zero-order chi connectivity index (χ0) is 16.6. The summed E-state index contributed by atoms with van der Waals surface area (Å²) in [6.45, 7) is 1.62. The van der Waals surface area contributed by atoms with Crippen LogP contribution in [0.15, 0.2) is 30.5 Å². The Kier molecular flexibility index (Phi) is 3.73. The van der Waals surface area contributed by atoms with E-state index >= 15 is 0 Å². The minimum Gasteiger partial charge on any atom is -0.382 e. The highest BCUT2D eigenvalue weighted by atomic mass is 19.1. The predicted octanol–water partition coefficient (Wildman–Crippen LogP) is 1.83. The quantitative estimate of drug-likeness (QED) is 0.873. The van der Waals surface area contributed by atoms with Gasteiger partial charge in [-0.15, -0.1) is 0 Å². The fourth-order valence-electron chi connectivity index (χ4n) is 2.80. The van der Waals surface area contributed by atoms with Gasteiger partial charge in [0.05, 0.1) is 18.7 Å². The first-order valence-corrected chi connectivity index (χ1v) is 7.11. The van der Waals surface area contributed by atoms with E-state index in [0.29, 0.717) is 16.5 Å². The molecule has 1 aromatic carbocycles. The zero-order valence-corrected chi connectivity index (χ0v) is 12.8. The van der Waals surface area contributed by atoms with Crippen molar-refractivity contribution in [2.45, 2.75) is 19.0 Å². The van der Waals surface area contributed by atoms with Crippen LogP contribution < -0.4 is 5.32 Å². The molecule has 1 N–H and O–H groups in total. The van der Waals surface area contributed by atoms with E-state index in [1.54, 1.807) is 25.3 Å². The van der Waals surface area contributed by atoms with Gasteiger partial charge in [0, 0.05) is 24.3 Å². The number of imide groups is 1. The molecule has 1 aliphatic rings. The van der Waals surface area contributed by atoms with E-state index < -0.39 is 23.3 Å². The van der Waals surface area contributed by atoms with Gasteiger partial charge in [0.15, 0.2) is 0 Å². The molecule has 7 heteroatoms. The normalized spacial score (nSPS) is 21.1. The highest BCUT2D eigenvalue weighted by Crippen LogP contribution is 2.24. The number of urea groups is 1. The number of pyridine rings is 1. The third kappa shape index (κ3) is 2.63. The highest BCUT2D eigenvalue weighted by Gasteiger charge is 2.47. The van der Waals surface area contributed by atoms with Crippen molar-refractivity contribution in [3.63, 3.8) is 0 Å². The first-order chi connectivity index (χ1) is 10.9. The van der Waals surface area contributed by atoms with Crippen LogP contribution in [-0.2, 0) is 16.1 Å². The molecule has 1 atom stereocenters. The second-order valence-electron chi connectivity index (χ2n) is 5.73. The van der Waals surface area contributed by atoms with E-state index in [2.05, 4.69) is 10.3 Å². The monoisotopic (exact) mass is 317 g/mol. The number of nitrogens with zero attached hydrogens (tertiary/aromatic N) is 2. The lowest BCUT2D eigenvalue weighted by atomic mass is 10.0. The van der Waals surface area contributed by atoms with Crippen LogP contribution in [0, 0.1) is 5.82 Å². The Bertz CT molecular complexity index is 795. The van der Waals surface area contributed by atoms with Crippen LogP contribution in [0.5, 0.6) is 0 Å². The number of ether oxygens (including phenoxy) is 1. The Morgan fingerprint density at radius 2 is 2.17 bits per heavy atom. The third-order valence-electron chi connectivity index (χ3n) is 3.86. The van der Waals surface area contributed by atoms with E-state index in [0.717, 1.165) is 4.90 Å². The number of carbonyl (C=O) groups excluding carboxylic acids is 2. The van der Waals surface area contributed by atoms with Gasteiger partial charge in [0.2, 0.25) is 0 Å². The molecule has 1 aliphatic heterocycles. The van der Waals surface area contributed by atoms with Crippen molar-refractivity contribution in [3.05, 3.63) is 41.8 Å². The van der Waals surface area contributed by atoms with Crippen LogP contribution in [0.3, 0.4) is 0 Å². The van der Waals surface area contributed by atoms with Gasteiger partial charge in [-0.2, -0.15) is 0 Å². The van der Waals surface area contributed by atoms with Gasteiger partial charge < -0.3 is 10.1 Å². The number of methoxy groups -OCH3 is 1. The number of fused-ring (bicyclic) bond motifs is 1. The standard InChI is InChI=1S/C16H16FN3O3/c1-16(9-23-2)14(21)20(15(22)19-16)8-11-7-12(17)6-10-4-3-5-18-13(10)11/h3-7H,8-9H2,1-2H3,(H,19,22)/t16-/m1/s1. The summed E-state index contributed by atoms with van der Waals surface area (Å²) >= 11 is 0. The van der Waals surface area contributed by atoms with Crippen LogP contribution in [0.1, 0.15) is 12.5 Å². The van der Waals surface area contributed by atoms with Crippen LogP contribution in [0.25, 0.3) is 10.9 Å². The smallest absolute Gasteiger partial charge is 0.325 e. The number of hydrogen-bond acceptors (Lipinski definition) is 4. The summed E-state index contributed by atoms with van der Waals surface area (Å²) in [5.74, 6) is -0.843. The molecule has 1 aromatic heterocycles. The lowest BCUT2D eigenvalue weighted by Gasteiger charge is -2.20. The molecule has 2 heterocycles. The van der Waals surface area contributed by atoms with Gasteiger partial charge in [-0.05, 0) is 25.1 Å². The zero-order valence-electron chi connectivity index (χ0n) is 12.8.